The van der Waals surface area contributed by atoms with Gasteiger partial charge in [-0.15, -0.1) is 0 Å². The van der Waals surface area contributed by atoms with Crippen molar-refractivity contribution in [1.29, 1.82) is 0 Å². The molecular formula is C21H22NO3S+. The molecule has 0 unspecified atom stereocenters. The van der Waals surface area contributed by atoms with Crippen molar-refractivity contribution < 1.29 is 17.7 Å². The molecule has 4 nitrogen and oxygen atoms in total. The van der Waals surface area contributed by atoms with Crippen LogP contribution in [0.25, 0.3) is 21.9 Å². The molecule has 0 N–H and O–H groups in total. The second kappa shape index (κ2) is 6.40. The summed E-state index contributed by atoms with van der Waals surface area (Å²) in [6, 6.07) is 13.3. The van der Waals surface area contributed by atoms with Gasteiger partial charge in [0.05, 0.1) is 17.1 Å². The smallest absolute Gasteiger partial charge is 0.177 e. The SMILES string of the molecule is C[n+]1cc(-c2cc(S(C)(=O)=O)ccc2OCC2CC2)c2ccccc2c1. The van der Waals surface area contributed by atoms with Crippen LogP contribution in [-0.2, 0) is 16.9 Å². The number of hydrogen-bond donors (Lipinski definition) is 0. The van der Waals surface area contributed by atoms with Crippen molar-refractivity contribution >= 4 is 20.6 Å². The molecule has 0 radical (unpaired) electrons. The minimum atomic E-state index is -3.29. The van der Waals surface area contributed by atoms with Gasteiger partial charge in [-0.25, -0.2) is 13.0 Å². The average Bonchev–Trinajstić information content (AvgIpc) is 3.42. The standard InChI is InChI=1S/C21H22NO3S/c1-22-12-16-5-3-4-6-18(16)20(13-22)19-11-17(26(2,23)24)9-10-21(19)25-14-15-7-8-15/h3-6,9-13,15H,7-8,14H2,1-2H3/q+1. The number of rotatable bonds is 5. The minimum Gasteiger partial charge on any atom is -0.493 e. The van der Waals surface area contributed by atoms with E-state index in [2.05, 4.69) is 18.3 Å². The van der Waals surface area contributed by atoms with Crippen LogP contribution < -0.4 is 9.30 Å². The topological polar surface area (TPSA) is 47.2 Å². The second-order valence-electron chi connectivity index (χ2n) is 7.11. The number of fused-ring (bicyclic) bond motifs is 1. The van der Waals surface area contributed by atoms with Gasteiger partial charge in [0.2, 0.25) is 0 Å². The van der Waals surface area contributed by atoms with Crippen molar-refractivity contribution in [1.82, 2.24) is 0 Å². The molecule has 134 valence electrons. The summed E-state index contributed by atoms with van der Waals surface area (Å²) in [7, 11) is -1.32. The second-order valence-corrected chi connectivity index (χ2v) is 9.12. The predicted octanol–water partition coefficient (Wildman–Crippen LogP) is 3.52. The summed E-state index contributed by atoms with van der Waals surface area (Å²) in [6.07, 6.45) is 7.73. The number of aromatic nitrogens is 1. The highest BCUT2D eigenvalue weighted by atomic mass is 32.2. The molecule has 1 fully saturated rings. The van der Waals surface area contributed by atoms with Crippen LogP contribution in [0.15, 0.2) is 59.8 Å². The van der Waals surface area contributed by atoms with E-state index in [0.717, 1.165) is 27.6 Å². The van der Waals surface area contributed by atoms with Crippen molar-refractivity contribution in [2.24, 2.45) is 13.0 Å². The van der Waals surface area contributed by atoms with Crippen LogP contribution in [0.1, 0.15) is 12.8 Å². The molecular weight excluding hydrogens is 346 g/mol. The highest BCUT2D eigenvalue weighted by Crippen LogP contribution is 2.37. The molecule has 0 saturated heterocycles. The van der Waals surface area contributed by atoms with Crippen molar-refractivity contribution in [2.45, 2.75) is 17.7 Å². The summed E-state index contributed by atoms with van der Waals surface area (Å²) >= 11 is 0. The van der Waals surface area contributed by atoms with Gasteiger partial charge in [0.25, 0.3) is 0 Å². The average molecular weight is 368 g/mol. The highest BCUT2D eigenvalue weighted by Gasteiger charge is 2.24. The summed E-state index contributed by atoms with van der Waals surface area (Å²) in [4.78, 5) is 0.307. The van der Waals surface area contributed by atoms with Gasteiger partial charge in [0.1, 0.15) is 12.8 Å². The molecule has 0 atom stereocenters. The first-order chi connectivity index (χ1) is 12.4. The molecule has 4 rings (SSSR count). The van der Waals surface area contributed by atoms with Crippen LogP contribution in [0.5, 0.6) is 5.75 Å². The fraction of sp³-hybridized carbons (Fsp3) is 0.286. The molecule has 1 aliphatic carbocycles. The van der Waals surface area contributed by atoms with Crippen molar-refractivity contribution in [3.05, 3.63) is 54.9 Å². The first-order valence-corrected chi connectivity index (χ1v) is 10.7. The maximum atomic E-state index is 12.1. The molecule has 0 bridgehead atoms. The van der Waals surface area contributed by atoms with E-state index in [1.807, 2.05) is 29.9 Å². The molecule has 5 heteroatoms. The van der Waals surface area contributed by atoms with Gasteiger partial charge in [-0.1, -0.05) is 18.2 Å². The summed E-state index contributed by atoms with van der Waals surface area (Å²) in [5.74, 6) is 1.36. The van der Waals surface area contributed by atoms with E-state index in [9.17, 15) is 8.42 Å². The maximum absolute atomic E-state index is 12.1. The zero-order valence-electron chi connectivity index (χ0n) is 15.0. The summed E-state index contributed by atoms with van der Waals surface area (Å²) in [5.41, 5.74) is 1.79. The Hall–Kier alpha value is -2.40. The number of ether oxygens (including phenoxy) is 1. The number of pyridine rings is 1. The minimum absolute atomic E-state index is 0.307. The van der Waals surface area contributed by atoms with E-state index in [1.54, 1.807) is 18.2 Å². The molecule has 1 aromatic heterocycles. The van der Waals surface area contributed by atoms with Crippen LogP contribution in [0.3, 0.4) is 0 Å². The largest absolute Gasteiger partial charge is 0.493 e. The maximum Gasteiger partial charge on any atom is 0.177 e. The molecule has 0 amide bonds. The van der Waals surface area contributed by atoms with E-state index in [1.165, 1.54) is 19.1 Å². The molecule has 0 aliphatic heterocycles. The van der Waals surface area contributed by atoms with Crippen molar-refractivity contribution in [2.75, 3.05) is 12.9 Å². The molecule has 2 aromatic carbocycles. The Kier molecular flexibility index (Phi) is 4.19. The zero-order chi connectivity index (χ0) is 18.3. The van der Waals surface area contributed by atoms with Gasteiger partial charge in [-0.05, 0) is 43.0 Å². The number of aryl methyl sites for hydroxylation is 1. The third-order valence-electron chi connectivity index (χ3n) is 4.77. The highest BCUT2D eigenvalue weighted by molar-refractivity contribution is 7.90. The molecule has 26 heavy (non-hydrogen) atoms. The number of sulfone groups is 1. The molecule has 1 saturated carbocycles. The quantitative estimate of drug-likeness (QED) is 0.648. The number of hydrogen-bond acceptors (Lipinski definition) is 3. The van der Waals surface area contributed by atoms with Gasteiger partial charge in [-0.2, -0.15) is 0 Å². The van der Waals surface area contributed by atoms with E-state index in [0.29, 0.717) is 17.4 Å². The third-order valence-corrected chi connectivity index (χ3v) is 5.88. The van der Waals surface area contributed by atoms with Gasteiger partial charge >= 0.3 is 0 Å². The van der Waals surface area contributed by atoms with Gasteiger partial charge < -0.3 is 4.74 Å². The van der Waals surface area contributed by atoms with E-state index >= 15 is 0 Å². The van der Waals surface area contributed by atoms with Crippen LogP contribution in [0.2, 0.25) is 0 Å². The predicted molar refractivity (Wildman–Crippen MR) is 102 cm³/mol. The Bertz CT molecular complexity index is 1090. The first-order valence-electron chi connectivity index (χ1n) is 8.77. The lowest BCUT2D eigenvalue weighted by Crippen LogP contribution is -2.26. The van der Waals surface area contributed by atoms with Gasteiger partial charge in [-0.3, -0.25) is 0 Å². The van der Waals surface area contributed by atoms with Gasteiger partial charge in [0.15, 0.2) is 22.2 Å². The molecule has 3 aromatic rings. The van der Waals surface area contributed by atoms with Crippen LogP contribution >= 0.6 is 0 Å². The van der Waals surface area contributed by atoms with Crippen LogP contribution in [0, 0.1) is 5.92 Å². The van der Waals surface area contributed by atoms with E-state index < -0.39 is 9.84 Å². The lowest BCUT2D eigenvalue weighted by molar-refractivity contribution is -0.669. The third kappa shape index (κ3) is 3.44. The summed E-state index contributed by atoms with van der Waals surface area (Å²) in [6.45, 7) is 0.683. The Balaban J connectivity index is 1.93. The zero-order valence-corrected chi connectivity index (χ0v) is 15.8. The lowest BCUT2D eigenvalue weighted by atomic mass is 10.00. The lowest BCUT2D eigenvalue weighted by Gasteiger charge is -2.14. The fourth-order valence-electron chi connectivity index (χ4n) is 3.17. The monoisotopic (exact) mass is 368 g/mol. The molecule has 1 heterocycles. The summed E-state index contributed by atoms with van der Waals surface area (Å²) in [5, 5.41) is 2.18. The summed E-state index contributed by atoms with van der Waals surface area (Å²) < 4.78 is 32.2. The van der Waals surface area contributed by atoms with Crippen LogP contribution in [-0.4, -0.2) is 21.3 Å². The van der Waals surface area contributed by atoms with E-state index in [-0.39, 0.29) is 0 Å². The van der Waals surface area contributed by atoms with E-state index in [4.69, 9.17) is 4.74 Å². The normalized spacial score (nSPS) is 14.5. The first kappa shape index (κ1) is 17.0. The molecule has 0 spiro atoms. The van der Waals surface area contributed by atoms with Crippen LogP contribution in [0.4, 0.5) is 0 Å². The Morgan fingerprint density at radius 1 is 1.08 bits per heavy atom. The fourth-order valence-corrected chi connectivity index (χ4v) is 3.81. The van der Waals surface area contributed by atoms with Crippen molar-refractivity contribution in [3.63, 3.8) is 0 Å². The molecule has 1 aliphatic rings. The number of nitrogens with zero attached hydrogens (tertiary/aromatic N) is 1. The van der Waals surface area contributed by atoms with Crippen molar-refractivity contribution in [3.8, 4) is 16.9 Å². The Morgan fingerprint density at radius 2 is 1.85 bits per heavy atom. The number of benzene rings is 2. The van der Waals surface area contributed by atoms with Gasteiger partial charge in [0, 0.05) is 22.6 Å². The Morgan fingerprint density at radius 3 is 2.58 bits per heavy atom. The Labute approximate surface area is 154 Å².